The Morgan fingerprint density at radius 2 is 2.07 bits per heavy atom. The van der Waals surface area contributed by atoms with Crippen LogP contribution < -0.4 is 14.2 Å². The molecule has 0 amide bonds. The van der Waals surface area contributed by atoms with E-state index in [0.717, 1.165) is 12.3 Å². The van der Waals surface area contributed by atoms with Crippen molar-refractivity contribution in [3.63, 3.8) is 0 Å². The summed E-state index contributed by atoms with van der Waals surface area (Å²) >= 11 is 5.81. The molecule has 0 aliphatic heterocycles. The van der Waals surface area contributed by atoms with E-state index in [1.807, 2.05) is 0 Å². The van der Waals surface area contributed by atoms with Gasteiger partial charge in [0.2, 0.25) is 21.7 Å². The molecule has 1 N–H and O–H groups in total. The summed E-state index contributed by atoms with van der Waals surface area (Å²) in [5.74, 6) is -0.815. The number of halogens is 2. The van der Waals surface area contributed by atoms with Crippen molar-refractivity contribution in [2.45, 2.75) is 0 Å². The average molecular weight is 421 g/mol. The summed E-state index contributed by atoms with van der Waals surface area (Å²) in [5, 5.41) is 11.5. The number of hydrogen-bond acceptors (Lipinski definition) is 8. The normalized spacial score (nSPS) is 11.1. The first-order valence-electron chi connectivity index (χ1n) is 7.23. The first-order valence-corrected chi connectivity index (χ1v) is 9.50. The van der Waals surface area contributed by atoms with Gasteiger partial charge in [-0.3, -0.25) is 14.8 Å². The largest absolute Gasteiger partial charge is 0.484 e. The Morgan fingerprint density at radius 1 is 1.37 bits per heavy atom. The van der Waals surface area contributed by atoms with Gasteiger partial charge in [0.25, 0.3) is 11.6 Å². The van der Waals surface area contributed by atoms with Crippen molar-refractivity contribution in [2.24, 2.45) is 0 Å². The molecule has 1 aromatic heterocycles. The Balaban J connectivity index is 2.78. The molecule has 1 heterocycles. The van der Waals surface area contributed by atoms with E-state index in [1.54, 1.807) is 0 Å². The van der Waals surface area contributed by atoms with Gasteiger partial charge < -0.3 is 9.47 Å². The molecule has 0 spiro atoms. The van der Waals surface area contributed by atoms with Crippen molar-refractivity contribution in [3.05, 3.63) is 33.3 Å². The lowest BCUT2D eigenvalue weighted by molar-refractivity contribution is -0.384. The predicted molar refractivity (Wildman–Crippen MR) is 95.6 cm³/mol. The fraction of sp³-hybridized carbons (Fsp3) is 0.286. The van der Waals surface area contributed by atoms with Gasteiger partial charge in [-0.2, -0.15) is 4.98 Å². The maximum Gasteiger partial charge on any atom is 0.280 e. The summed E-state index contributed by atoms with van der Waals surface area (Å²) in [6.45, 7) is -1.25. The van der Waals surface area contributed by atoms with Gasteiger partial charge in [0.15, 0.2) is 0 Å². The Morgan fingerprint density at radius 3 is 2.63 bits per heavy atom. The molecule has 27 heavy (non-hydrogen) atoms. The standard InChI is InChI=1S/C14H14ClFN4O6S/c1-25-13-12(26-6-5-16)11(17-14(18-13)19-27(2,23)24)9-4-3-8(15)7-10(9)20(21)22/h3-4,7H,5-6H2,1-2H3,(H,17,18,19). The van der Waals surface area contributed by atoms with Gasteiger partial charge in [-0.1, -0.05) is 11.6 Å². The van der Waals surface area contributed by atoms with Crippen molar-refractivity contribution in [1.82, 2.24) is 9.97 Å². The summed E-state index contributed by atoms with van der Waals surface area (Å²) in [4.78, 5) is 18.5. The van der Waals surface area contributed by atoms with Crippen molar-refractivity contribution in [3.8, 4) is 22.9 Å². The third-order valence-corrected chi connectivity index (χ3v) is 3.83. The van der Waals surface area contributed by atoms with Gasteiger partial charge in [-0.05, 0) is 12.1 Å². The zero-order valence-corrected chi connectivity index (χ0v) is 15.7. The van der Waals surface area contributed by atoms with E-state index >= 15 is 0 Å². The van der Waals surface area contributed by atoms with Gasteiger partial charge in [0, 0.05) is 11.1 Å². The summed E-state index contributed by atoms with van der Waals surface area (Å²) in [6.07, 6.45) is 0.876. The molecule has 0 bridgehead atoms. The van der Waals surface area contributed by atoms with Crippen LogP contribution in [0.15, 0.2) is 18.2 Å². The molecule has 10 nitrogen and oxygen atoms in total. The minimum Gasteiger partial charge on any atom is -0.484 e. The van der Waals surface area contributed by atoms with Crippen LogP contribution in [-0.2, 0) is 10.0 Å². The monoisotopic (exact) mass is 420 g/mol. The molecular weight excluding hydrogens is 407 g/mol. The van der Waals surface area contributed by atoms with E-state index in [4.69, 9.17) is 21.1 Å². The summed E-state index contributed by atoms with van der Waals surface area (Å²) < 4.78 is 47.9. The van der Waals surface area contributed by atoms with Crippen molar-refractivity contribution in [2.75, 3.05) is 31.4 Å². The molecule has 0 radical (unpaired) electrons. The lowest BCUT2D eigenvalue weighted by atomic mass is 10.1. The maximum absolute atomic E-state index is 12.6. The molecule has 13 heteroatoms. The molecule has 1 aromatic carbocycles. The third-order valence-electron chi connectivity index (χ3n) is 3.04. The van der Waals surface area contributed by atoms with Crippen molar-refractivity contribution >= 4 is 33.3 Å². The molecule has 0 aliphatic rings. The number of ether oxygens (including phenoxy) is 2. The maximum atomic E-state index is 12.6. The highest BCUT2D eigenvalue weighted by Crippen LogP contribution is 2.41. The highest BCUT2D eigenvalue weighted by atomic mass is 35.5. The molecule has 0 fully saturated rings. The first-order chi connectivity index (χ1) is 12.7. The van der Waals surface area contributed by atoms with Crippen LogP contribution in [0.5, 0.6) is 11.6 Å². The molecule has 2 aromatic rings. The van der Waals surface area contributed by atoms with Crippen molar-refractivity contribution < 1.29 is 27.2 Å². The predicted octanol–water partition coefficient (Wildman–Crippen LogP) is 2.43. The molecule has 0 unspecified atom stereocenters. The van der Waals surface area contributed by atoms with Crippen LogP contribution >= 0.6 is 11.6 Å². The quantitative estimate of drug-likeness (QED) is 0.508. The van der Waals surface area contributed by atoms with E-state index in [0.29, 0.717) is 0 Å². The molecule has 0 saturated carbocycles. The van der Waals surface area contributed by atoms with Crippen LogP contribution in [0.25, 0.3) is 11.3 Å². The van der Waals surface area contributed by atoms with Gasteiger partial charge in [-0.25, -0.2) is 17.8 Å². The van der Waals surface area contributed by atoms with Crippen LogP contribution in [0, 0.1) is 10.1 Å². The number of anilines is 1. The van der Waals surface area contributed by atoms with E-state index < -0.39 is 39.9 Å². The Labute approximate surface area is 158 Å². The Kier molecular flexibility index (Phi) is 6.33. The lowest BCUT2D eigenvalue weighted by Gasteiger charge is -2.15. The molecule has 146 valence electrons. The number of hydrogen-bond donors (Lipinski definition) is 1. The smallest absolute Gasteiger partial charge is 0.280 e. The molecule has 2 rings (SSSR count). The van der Waals surface area contributed by atoms with Crippen LogP contribution in [0.2, 0.25) is 5.02 Å². The van der Waals surface area contributed by atoms with Crippen molar-refractivity contribution in [1.29, 1.82) is 0 Å². The summed E-state index contributed by atoms with van der Waals surface area (Å²) in [5.41, 5.74) is -0.626. The number of aromatic nitrogens is 2. The van der Waals surface area contributed by atoms with Gasteiger partial charge in [0.1, 0.15) is 19.0 Å². The summed E-state index contributed by atoms with van der Waals surface area (Å²) in [7, 11) is -2.53. The zero-order chi connectivity index (χ0) is 20.2. The fourth-order valence-corrected chi connectivity index (χ4v) is 2.68. The lowest BCUT2D eigenvalue weighted by Crippen LogP contribution is -2.14. The number of benzene rings is 1. The molecule has 0 aliphatic carbocycles. The number of nitrogens with one attached hydrogen (secondary N) is 1. The zero-order valence-electron chi connectivity index (χ0n) is 14.1. The van der Waals surface area contributed by atoms with Gasteiger partial charge in [0.05, 0.1) is 23.9 Å². The van der Waals surface area contributed by atoms with E-state index in [9.17, 15) is 22.9 Å². The average Bonchev–Trinajstić information content (AvgIpc) is 2.58. The van der Waals surface area contributed by atoms with Gasteiger partial charge in [-0.15, -0.1) is 0 Å². The number of alkyl halides is 1. The first kappa shape index (κ1) is 20.6. The number of methoxy groups -OCH3 is 1. The number of nitro groups is 1. The Bertz CT molecular complexity index is 972. The third kappa shape index (κ3) is 5.14. The van der Waals surface area contributed by atoms with Crippen LogP contribution in [0.3, 0.4) is 0 Å². The number of sulfonamides is 1. The van der Waals surface area contributed by atoms with E-state index in [-0.39, 0.29) is 27.9 Å². The molecule has 0 saturated heterocycles. The van der Waals surface area contributed by atoms with Crippen LogP contribution in [-0.4, -0.2) is 50.0 Å². The second kappa shape index (κ2) is 8.31. The topological polar surface area (TPSA) is 134 Å². The summed E-state index contributed by atoms with van der Waals surface area (Å²) in [6, 6.07) is 3.77. The SMILES string of the molecule is COc1nc(NS(C)(=O)=O)nc(-c2ccc(Cl)cc2[N+](=O)[O-])c1OCCF. The van der Waals surface area contributed by atoms with E-state index in [2.05, 4.69) is 14.7 Å². The number of nitrogens with zero attached hydrogens (tertiary/aromatic N) is 3. The number of rotatable bonds is 8. The molecule has 0 atom stereocenters. The second-order valence-electron chi connectivity index (χ2n) is 5.06. The number of nitro benzene ring substituents is 1. The van der Waals surface area contributed by atoms with Crippen LogP contribution in [0.4, 0.5) is 16.0 Å². The fourth-order valence-electron chi connectivity index (χ4n) is 2.09. The highest BCUT2D eigenvalue weighted by Gasteiger charge is 2.26. The van der Waals surface area contributed by atoms with Gasteiger partial charge >= 0.3 is 0 Å². The second-order valence-corrected chi connectivity index (χ2v) is 7.25. The minimum absolute atomic E-state index is 0.0458. The highest BCUT2D eigenvalue weighted by molar-refractivity contribution is 7.91. The van der Waals surface area contributed by atoms with Crippen LogP contribution in [0.1, 0.15) is 0 Å². The Hall–Kier alpha value is -2.73. The molecular formula is C14H14ClFN4O6S. The van der Waals surface area contributed by atoms with E-state index in [1.165, 1.54) is 19.2 Å². The minimum atomic E-state index is -3.75.